The molecule has 1 aliphatic rings. The first kappa shape index (κ1) is 14.7. The van der Waals surface area contributed by atoms with Gasteiger partial charge in [-0.2, -0.15) is 0 Å². The van der Waals surface area contributed by atoms with Gasteiger partial charge in [-0.25, -0.2) is 0 Å². The summed E-state index contributed by atoms with van der Waals surface area (Å²) in [6.45, 7) is 0.843. The lowest BCUT2D eigenvalue weighted by Gasteiger charge is -2.26. The third-order valence-electron chi connectivity index (χ3n) is 3.36. The Morgan fingerprint density at radius 3 is 2.80 bits per heavy atom. The van der Waals surface area contributed by atoms with Crippen molar-refractivity contribution in [2.75, 3.05) is 20.1 Å². The lowest BCUT2D eigenvalue weighted by atomic mass is 10.1. The van der Waals surface area contributed by atoms with Gasteiger partial charge in [-0.3, -0.25) is 14.9 Å². The average Bonchev–Trinajstić information content (AvgIpc) is 2.83. The van der Waals surface area contributed by atoms with Gasteiger partial charge in [0.2, 0.25) is 0 Å². The average molecular weight is 300 g/mol. The van der Waals surface area contributed by atoms with Crippen LogP contribution in [0.1, 0.15) is 10.4 Å². The van der Waals surface area contributed by atoms with E-state index in [1.54, 1.807) is 0 Å². The summed E-state index contributed by atoms with van der Waals surface area (Å²) in [6, 6.07) is 3.50. The van der Waals surface area contributed by atoms with E-state index < -0.39 is 23.0 Å². The van der Waals surface area contributed by atoms with Crippen molar-refractivity contribution < 1.29 is 14.8 Å². The lowest BCUT2D eigenvalue weighted by Crippen LogP contribution is -2.44. The molecule has 20 heavy (non-hydrogen) atoms. The molecule has 108 valence electrons. The van der Waals surface area contributed by atoms with Gasteiger partial charge >= 0.3 is 0 Å². The highest BCUT2D eigenvalue weighted by molar-refractivity contribution is 6.31. The van der Waals surface area contributed by atoms with E-state index >= 15 is 0 Å². The molecule has 7 nitrogen and oxygen atoms in total. The first-order chi connectivity index (χ1) is 9.41. The maximum absolute atomic E-state index is 12.4. The van der Waals surface area contributed by atoms with Crippen molar-refractivity contribution in [1.29, 1.82) is 0 Å². The second-order valence-electron chi connectivity index (χ2n) is 4.63. The number of halogens is 1. The van der Waals surface area contributed by atoms with Gasteiger partial charge in [-0.05, 0) is 12.1 Å². The molecular formula is C12H14ClN3O4. The summed E-state index contributed by atoms with van der Waals surface area (Å²) in [4.78, 5) is 24.0. The normalized spacial score (nSPS) is 21.8. The number of nitrogens with one attached hydrogen (secondary N) is 1. The van der Waals surface area contributed by atoms with Crippen LogP contribution in [0.2, 0.25) is 5.02 Å². The van der Waals surface area contributed by atoms with Crippen LogP contribution < -0.4 is 5.32 Å². The third kappa shape index (κ3) is 2.74. The highest BCUT2D eigenvalue weighted by Crippen LogP contribution is 2.25. The number of amides is 1. The molecule has 0 bridgehead atoms. The number of rotatable bonds is 3. The summed E-state index contributed by atoms with van der Waals surface area (Å²) >= 11 is 5.72. The SMILES string of the molecule is CN(C(=O)c1ccc(Cl)cc1[N+](=O)[O-])[C@@H]1CNC[C@H]1O. The lowest BCUT2D eigenvalue weighted by molar-refractivity contribution is -0.385. The molecule has 0 spiro atoms. The van der Waals surface area contributed by atoms with Crippen molar-refractivity contribution >= 4 is 23.2 Å². The number of benzene rings is 1. The highest BCUT2D eigenvalue weighted by Gasteiger charge is 2.33. The van der Waals surface area contributed by atoms with Gasteiger partial charge < -0.3 is 15.3 Å². The second-order valence-corrected chi connectivity index (χ2v) is 5.06. The minimum absolute atomic E-state index is 0.0407. The van der Waals surface area contributed by atoms with E-state index in [-0.39, 0.29) is 16.3 Å². The molecule has 1 amide bonds. The molecule has 1 saturated heterocycles. The van der Waals surface area contributed by atoms with Gasteiger partial charge in [0, 0.05) is 31.2 Å². The van der Waals surface area contributed by atoms with E-state index in [0.717, 1.165) is 6.07 Å². The summed E-state index contributed by atoms with van der Waals surface area (Å²) in [5, 5.41) is 23.9. The number of hydrogen-bond donors (Lipinski definition) is 2. The summed E-state index contributed by atoms with van der Waals surface area (Å²) in [5.41, 5.74) is -0.379. The van der Waals surface area contributed by atoms with Crippen molar-refractivity contribution in [3.8, 4) is 0 Å². The predicted molar refractivity (Wildman–Crippen MR) is 72.9 cm³/mol. The molecule has 1 heterocycles. The minimum Gasteiger partial charge on any atom is -0.390 e. The fourth-order valence-corrected chi connectivity index (χ4v) is 2.39. The van der Waals surface area contributed by atoms with Crippen molar-refractivity contribution in [3.05, 3.63) is 38.9 Å². The number of aliphatic hydroxyl groups excluding tert-OH is 1. The van der Waals surface area contributed by atoms with Crippen molar-refractivity contribution in [2.45, 2.75) is 12.1 Å². The first-order valence-electron chi connectivity index (χ1n) is 6.01. The van der Waals surface area contributed by atoms with Crippen molar-refractivity contribution in [3.63, 3.8) is 0 Å². The minimum atomic E-state index is -0.685. The van der Waals surface area contributed by atoms with Crippen LogP contribution in [-0.4, -0.2) is 53.1 Å². The van der Waals surface area contributed by atoms with E-state index in [2.05, 4.69) is 5.32 Å². The monoisotopic (exact) mass is 299 g/mol. The molecule has 0 aromatic heterocycles. The number of hydrogen-bond acceptors (Lipinski definition) is 5. The Kier molecular flexibility index (Phi) is 4.22. The van der Waals surface area contributed by atoms with Gasteiger partial charge in [-0.1, -0.05) is 11.6 Å². The van der Waals surface area contributed by atoms with Crippen molar-refractivity contribution in [2.24, 2.45) is 0 Å². The summed E-state index contributed by atoms with van der Waals surface area (Å²) in [5.74, 6) is -0.513. The number of carbonyl (C=O) groups is 1. The number of nitro groups is 1. The molecule has 2 N–H and O–H groups in total. The largest absolute Gasteiger partial charge is 0.390 e. The molecule has 0 saturated carbocycles. The molecule has 8 heteroatoms. The zero-order valence-electron chi connectivity index (χ0n) is 10.7. The standard InChI is InChI=1S/C12H14ClN3O4/c1-15(10-5-14-6-11(10)17)12(18)8-3-2-7(13)4-9(8)16(19)20/h2-4,10-11,14,17H,5-6H2,1H3/t10-,11-/m1/s1. The Morgan fingerprint density at radius 2 is 2.25 bits per heavy atom. The molecule has 1 aliphatic heterocycles. The van der Waals surface area contributed by atoms with E-state index in [1.165, 1.54) is 24.1 Å². The van der Waals surface area contributed by atoms with Crippen LogP contribution in [0.15, 0.2) is 18.2 Å². The van der Waals surface area contributed by atoms with E-state index in [0.29, 0.717) is 13.1 Å². The number of nitrogens with zero attached hydrogens (tertiary/aromatic N) is 2. The molecule has 1 aromatic rings. The molecule has 1 aromatic carbocycles. The van der Waals surface area contributed by atoms with Gasteiger partial charge in [-0.15, -0.1) is 0 Å². The Labute approximate surface area is 120 Å². The summed E-state index contributed by atoms with van der Waals surface area (Å²) in [6.07, 6.45) is -0.685. The summed E-state index contributed by atoms with van der Waals surface area (Å²) < 4.78 is 0. The third-order valence-corrected chi connectivity index (χ3v) is 3.59. The van der Waals surface area contributed by atoms with Crippen LogP contribution in [0.5, 0.6) is 0 Å². The number of likely N-dealkylation sites (N-methyl/N-ethyl adjacent to an activating group) is 1. The van der Waals surface area contributed by atoms with Gasteiger partial charge in [0.15, 0.2) is 0 Å². The number of aliphatic hydroxyl groups is 1. The maximum Gasteiger partial charge on any atom is 0.283 e. The molecule has 2 atom stereocenters. The fourth-order valence-electron chi connectivity index (χ4n) is 2.22. The Morgan fingerprint density at radius 1 is 1.55 bits per heavy atom. The van der Waals surface area contributed by atoms with Crippen LogP contribution >= 0.6 is 11.6 Å². The molecule has 0 unspecified atom stereocenters. The van der Waals surface area contributed by atoms with Crippen LogP contribution in [-0.2, 0) is 0 Å². The zero-order chi connectivity index (χ0) is 14.9. The predicted octanol–water partition coefficient (Wildman–Crippen LogP) is 0.653. The zero-order valence-corrected chi connectivity index (χ0v) is 11.5. The molecule has 0 aliphatic carbocycles. The Hall–Kier alpha value is -1.70. The van der Waals surface area contributed by atoms with E-state index in [1.807, 2.05) is 0 Å². The molecule has 0 radical (unpaired) electrons. The second kappa shape index (κ2) is 5.74. The number of nitro benzene ring substituents is 1. The quantitative estimate of drug-likeness (QED) is 0.631. The topological polar surface area (TPSA) is 95.7 Å². The molecular weight excluding hydrogens is 286 g/mol. The van der Waals surface area contributed by atoms with Crippen LogP contribution in [0.3, 0.4) is 0 Å². The Bertz CT molecular complexity index is 552. The van der Waals surface area contributed by atoms with Gasteiger partial charge in [0.25, 0.3) is 11.6 Å². The smallest absolute Gasteiger partial charge is 0.283 e. The fraction of sp³-hybridized carbons (Fsp3) is 0.417. The molecule has 1 fully saturated rings. The van der Waals surface area contributed by atoms with E-state index in [4.69, 9.17) is 11.6 Å². The number of β-amino-alcohol motifs (C(OH)–C–C–N with tert-alkyl or cyclic N) is 1. The van der Waals surface area contributed by atoms with Crippen molar-refractivity contribution in [1.82, 2.24) is 10.2 Å². The van der Waals surface area contributed by atoms with Crippen LogP contribution in [0, 0.1) is 10.1 Å². The van der Waals surface area contributed by atoms with Gasteiger partial charge in [0.1, 0.15) is 5.56 Å². The molecule has 2 rings (SSSR count). The van der Waals surface area contributed by atoms with Gasteiger partial charge in [0.05, 0.1) is 17.1 Å². The number of carbonyl (C=O) groups excluding carboxylic acids is 1. The summed E-state index contributed by atoms with van der Waals surface area (Å²) in [7, 11) is 1.52. The Balaban J connectivity index is 2.31. The van der Waals surface area contributed by atoms with E-state index in [9.17, 15) is 20.0 Å². The van der Waals surface area contributed by atoms with Crippen LogP contribution in [0.4, 0.5) is 5.69 Å². The first-order valence-corrected chi connectivity index (χ1v) is 6.39. The maximum atomic E-state index is 12.4. The highest BCUT2D eigenvalue weighted by atomic mass is 35.5. The van der Waals surface area contributed by atoms with Crippen LogP contribution in [0.25, 0.3) is 0 Å².